The van der Waals surface area contributed by atoms with Gasteiger partial charge in [-0.25, -0.2) is 0 Å². The molecule has 0 aromatic heterocycles. The first kappa shape index (κ1) is 11.7. The molecule has 0 atom stereocenters. The third-order valence-corrected chi connectivity index (χ3v) is 2.41. The summed E-state index contributed by atoms with van der Waals surface area (Å²) in [6.45, 7) is 1.97. The number of aryl methyl sites for hydroxylation is 1. The van der Waals surface area contributed by atoms with E-state index in [4.69, 9.17) is 4.74 Å². The minimum atomic E-state index is -1.53. The molecule has 0 aliphatic heterocycles. The van der Waals surface area contributed by atoms with Crippen molar-refractivity contribution in [1.29, 1.82) is 0 Å². The van der Waals surface area contributed by atoms with Gasteiger partial charge in [0.2, 0.25) is 0 Å². The molecule has 2 N–H and O–H groups in total. The normalized spacial score (nSPS) is 10.1. The highest BCUT2D eigenvalue weighted by molar-refractivity contribution is 6.59. The lowest BCUT2D eigenvalue weighted by Crippen LogP contribution is -2.30. The summed E-state index contributed by atoms with van der Waals surface area (Å²) in [5.74, 6) is 1.13. The molecule has 0 unspecified atom stereocenters. The van der Waals surface area contributed by atoms with Gasteiger partial charge >= 0.3 is 7.12 Å². The fraction of sp³-hybridized carbons (Fsp3) is 0.0769. The molecular formula is C13H13BO3. The molecule has 0 spiro atoms. The van der Waals surface area contributed by atoms with Crippen LogP contribution in [0.15, 0.2) is 48.5 Å². The number of rotatable bonds is 3. The van der Waals surface area contributed by atoms with E-state index in [0.29, 0.717) is 17.0 Å². The van der Waals surface area contributed by atoms with Crippen LogP contribution in [0, 0.1) is 6.92 Å². The lowest BCUT2D eigenvalue weighted by atomic mass is 9.79. The average Bonchev–Trinajstić information content (AvgIpc) is 2.29. The predicted octanol–water partition coefficient (Wildman–Crippen LogP) is 1.47. The van der Waals surface area contributed by atoms with Gasteiger partial charge in [0.05, 0.1) is 0 Å². The van der Waals surface area contributed by atoms with E-state index < -0.39 is 7.12 Å². The highest BCUT2D eigenvalue weighted by Gasteiger charge is 2.16. The minimum Gasteiger partial charge on any atom is -0.458 e. The first-order valence-corrected chi connectivity index (χ1v) is 5.36. The zero-order chi connectivity index (χ0) is 12.3. The number of para-hydroxylation sites is 1. The molecule has 2 rings (SSSR count). The van der Waals surface area contributed by atoms with Gasteiger partial charge in [-0.3, -0.25) is 0 Å². The molecule has 3 nitrogen and oxygen atoms in total. The van der Waals surface area contributed by atoms with Crippen LogP contribution in [-0.4, -0.2) is 17.2 Å². The topological polar surface area (TPSA) is 49.7 Å². The largest absolute Gasteiger partial charge is 0.492 e. The maximum atomic E-state index is 9.21. The van der Waals surface area contributed by atoms with Crippen LogP contribution in [0.3, 0.4) is 0 Å². The summed E-state index contributed by atoms with van der Waals surface area (Å²) < 4.78 is 5.63. The number of ether oxygens (including phenoxy) is 1. The van der Waals surface area contributed by atoms with E-state index in [1.807, 2.05) is 31.2 Å². The molecule has 17 heavy (non-hydrogen) atoms. The Bertz CT molecular complexity index is 512. The Kier molecular flexibility index (Phi) is 3.47. The Hall–Kier alpha value is -1.78. The minimum absolute atomic E-state index is 0.356. The summed E-state index contributed by atoms with van der Waals surface area (Å²) >= 11 is 0. The summed E-state index contributed by atoms with van der Waals surface area (Å²) in [7, 11) is -1.53. The SMILES string of the molecule is Cc1cccc(Oc2ccccc2B(O)O)c1. The van der Waals surface area contributed by atoms with Crippen molar-refractivity contribution in [2.24, 2.45) is 0 Å². The monoisotopic (exact) mass is 228 g/mol. The molecule has 0 aliphatic rings. The van der Waals surface area contributed by atoms with E-state index in [1.165, 1.54) is 0 Å². The highest BCUT2D eigenvalue weighted by Crippen LogP contribution is 2.20. The number of benzene rings is 2. The van der Waals surface area contributed by atoms with E-state index in [-0.39, 0.29) is 0 Å². The van der Waals surface area contributed by atoms with Crippen molar-refractivity contribution in [3.8, 4) is 11.5 Å². The molecule has 0 saturated carbocycles. The van der Waals surface area contributed by atoms with Gasteiger partial charge in [-0.05, 0) is 30.7 Å². The van der Waals surface area contributed by atoms with Crippen LogP contribution < -0.4 is 10.2 Å². The van der Waals surface area contributed by atoms with Crippen molar-refractivity contribution in [3.63, 3.8) is 0 Å². The van der Waals surface area contributed by atoms with Gasteiger partial charge in [-0.1, -0.05) is 30.3 Å². The Morgan fingerprint density at radius 3 is 2.47 bits per heavy atom. The van der Waals surface area contributed by atoms with Gasteiger partial charge in [0.15, 0.2) is 0 Å². The maximum absolute atomic E-state index is 9.21. The van der Waals surface area contributed by atoms with Gasteiger partial charge in [0.1, 0.15) is 11.5 Å². The molecular weight excluding hydrogens is 215 g/mol. The Balaban J connectivity index is 2.30. The second kappa shape index (κ2) is 5.04. The van der Waals surface area contributed by atoms with Crippen LogP contribution in [0.4, 0.5) is 0 Å². The molecule has 0 aliphatic carbocycles. The predicted molar refractivity (Wildman–Crippen MR) is 67.5 cm³/mol. The van der Waals surface area contributed by atoms with Crippen molar-refractivity contribution in [3.05, 3.63) is 54.1 Å². The fourth-order valence-corrected chi connectivity index (χ4v) is 1.59. The lowest BCUT2D eigenvalue weighted by molar-refractivity contribution is 0.420. The smallest absolute Gasteiger partial charge is 0.458 e. The second-order valence-electron chi connectivity index (χ2n) is 3.83. The van der Waals surface area contributed by atoms with Gasteiger partial charge in [0.25, 0.3) is 0 Å². The first-order valence-electron chi connectivity index (χ1n) is 5.36. The molecule has 2 aromatic carbocycles. The third-order valence-electron chi connectivity index (χ3n) is 2.41. The van der Waals surface area contributed by atoms with Gasteiger partial charge < -0.3 is 14.8 Å². The molecule has 86 valence electrons. The Labute approximate surface area is 100 Å². The first-order chi connectivity index (χ1) is 8.16. The number of hydrogen-bond acceptors (Lipinski definition) is 3. The lowest BCUT2D eigenvalue weighted by Gasteiger charge is -2.10. The van der Waals surface area contributed by atoms with Crippen LogP contribution in [0.5, 0.6) is 11.5 Å². The van der Waals surface area contributed by atoms with Crippen LogP contribution in [0.2, 0.25) is 0 Å². The summed E-state index contributed by atoms with van der Waals surface area (Å²) in [5, 5.41) is 18.4. The maximum Gasteiger partial charge on any atom is 0.492 e. The van der Waals surface area contributed by atoms with Crippen molar-refractivity contribution >= 4 is 12.6 Å². The van der Waals surface area contributed by atoms with Crippen LogP contribution >= 0.6 is 0 Å². The quantitative estimate of drug-likeness (QED) is 0.782. The van der Waals surface area contributed by atoms with Gasteiger partial charge in [-0.15, -0.1) is 0 Å². The molecule has 0 radical (unpaired) electrons. The molecule has 0 heterocycles. The van der Waals surface area contributed by atoms with Crippen molar-refractivity contribution < 1.29 is 14.8 Å². The van der Waals surface area contributed by atoms with E-state index in [9.17, 15) is 10.0 Å². The van der Waals surface area contributed by atoms with Crippen molar-refractivity contribution in [2.75, 3.05) is 0 Å². The molecule has 4 heteroatoms. The Morgan fingerprint density at radius 1 is 1.00 bits per heavy atom. The molecule has 0 amide bonds. The fourth-order valence-electron chi connectivity index (χ4n) is 1.59. The average molecular weight is 228 g/mol. The van der Waals surface area contributed by atoms with Crippen molar-refractivity contribution in [2.45, 2.75) is 6.92 Å². The van der Waals surface area contributed by atoms with E-state index in [2.05, 4.69) is 0 Å². The summed E-state index contributed by atoms with van der Waals surface area (Å²) in [4.78, 5) is 0. The van der Waals surface area contributed by atoms with E-state index in [1.54, 1.807) is 24.3 Å². The van der Waals surface area contributed by atoms with Crippen LogP contribution in [0.1, 0.15) is 5.56 Å². The molecule has 0 fully saturated rings. The molecule has 0 saturated heterocycles. The molecule has 2 aromatic rings. The van der Waals surface area contributed by atoms with Crippen molar-refractivity contribution in [1.82, 2.24) is 0 Å². The van der Waals surface area contributed by atoms with E-state index in [0.717, 1.165) is 5.56 Å². The summed E-state index contributed by atoms with van der Waals surface area (Å²) in [5.41, 5.74) is 1.44. The van der Waals surface area contributed by atoms with Crippen LogP contribution in [-0.2, 0) is 0 Å². The highest BCUT2D eigenvalue weighted by atomic mass is 16.5. The van der Waals surface area contributed by atoms with Gasteiger partial charge in [0, 0.05) is 5.46 Å². The Morgan fingerprint density at radius 2 is 1.76 bits per heavy atom. The summed E-state index contributed by atoms with van der Waals surface area (Å²) in [6, 6.07) is 14.4. The standard InChI is InChI=1S/C13H13BO3/c1-10-5-4-6-11(9-10)17-13-8-3-2-7-12(13)14(15)16/h2-9,15-16H,1H3. The summed E-state index contributed by atoms with van der Waals surface area (Å²) in [6.07, 6.45) is 0. The third kappa shape index (κ3) is 2.87. The van der Waals surface area contributed by atoms with E-state index >= 15 is 0 Å². The van der Waals surface area contributed by atoms with Gasteiger partial charge in [-0.2, -0.15) is 0 Å². The van der Waals surface area contributed by atoms with Crippen LogP contribution in [0.25, 0.3) is 0 Å². The zero-order valence-electron chi connectivity index (χ0n) is 9.50. The zero-order valence-corrected chi connectivity index (χ0v) is 9.50. The second-order valence-corrected chi connectivity index (χ2v) is 3.83. The number of hydrogen-bond donors (Lipinski definition) is 2. The molecule has 0 bridgehead atoms.